The first-order valence-electron chi connectivity index (χ1n) is 3.64. The zero-order valence-electron chi connectivity index (χ0n) is 6.36. The predicted molar refractivity (Wildman–Crippen MR) is 36.6 cm³/mol. The highest BCUT2D eigenvalue weighted by Gasteiger charge is 2.45. The SMILES string of the molecule is CC(=O)C(F)(F)C1CCNC1. The van der Waals surface area contributed by atoms with Crippen LogP contribution in [0.5, 0.6) is 0 Å². The molecular formula is C7H11F2NO. The largest absolute Gasteiger partial charge is 0.316 e. The number of carbonyl (C=O) groups is 1. The number of rotatable bonds is 2. The average Bonchev–Trinajstić information content (AvgIpc) is 2.37. The average molecular weight is 163 g/mol. The lowest BCUT2D eigenvalue weighted by atomic mass is 9.98. The second-order valence-electron chi connectivity index (χ2n) is 2.87. The van der Waals surface area contributed by atoms with Gasteiger partial charge in [0.05, 0.1) is 0 Å². The Labute approximate surface area is 64.0 Å². The fraction of sp³-hybridized carbons (Fsp3) is 0.857. The van der Waals surface area contributed by atoms with E-state index < -0.39 is 17.6 Å². The van der Waals surface area contributed by atoms with E-state index in [9.17, 15) is 13.6 Å². The molecule has 0 aliphatic carbocycles. The van der Waals surface area contributed by atoms with Crippen LogP contribution in [0.25, 0.3) is 0 Å². The molecule has 1 N–H and O–H groups in total. The number of halogens is 2. The smallest absolute Gasteiger partial charge is 0.308 e. The summed E-state index contributed by atoms with van der Waals surface area (Å²) in [5, 5.41) is 2.80. The second kappa shape index (κ2) is 2.85. The zero-order chi connectivity index (χ0) is 8.48. The number of carbonyl (C=O) groups excluding carboxylic acids is 1. The number of ketones is 1. The molecule has 2 nitrogen and oxygen atoms in total. The first-order valence-corrected chi connectivity index (χ1v) is 3.64. The molecule has 0 saturated carbocycles. The summed E-state index contributed by atoms with van der Waals surface area (Å²) in [5.74, 6) is -4.94. The molecule has 1 atom stereocenters. The van der Waals surface area contributed by atoms with Gasteiger partial charge in [0.1, 0.15) is 0 Å². The molecule has 1 fully saturated rings. The molecule has 0 radical (unpaired) electrons. The molecule has 0 spiro atoms. The van der Waals surface area contributed by atoms with E-state index in [0.717, 1.165) is 6.92 Å². The minimum atomic E-state index is -3.12. The van der Waals surface area contributed by atoms with Crippen molar-refractivity contribution in [3.8, 4) is 0 Å². The van der Waals surface area contributed by atoms with Gasteiger partial charge in [-0.1, -0.05) is 0 Å². The van der Waals surface area contributed by atoms with Crippen molar-refractivity contribution in [1.82, 2.24) is 5.32 Å². The maximum Gasteiger partial charge on any atom is 0.308 e. The van der Waals surface area contributed by atoms with Crippen LogP contribution >= 0.6 is 0 Å². The molecule has 1 aliphatic heterocycles. The van der Waals surface area contributed by atoms with E-state index in [2.05, 4.69) is 5.32 Å². The molecule has 0 aromatic carbocycles. The molecule has 1 rings (SSSR count). The summed E-state index contributed by atoms with van der Waals surface area (Å²) >= 11 is 0. The summed E-state index contributed by atoms with van der Waals surface area (Å²) in [6.45, 7) is 1.79. The van der Waals surface area contributed by atoms with Crippen LogP contribution in [0.4, 0.5) is 8.78 Å². The highest BCUT2D eigenvalue weighted by Crippen LogP contribution is 2.29. The van der Waals surface area contributed by atoms with E-state index in [1.54, 1.807) is 0 Å². The maximum atomic E-state index is 12.9. The van der Waals surface area contributed by atoms with Gasteiger partial charge in [0.25, 0.3) is 0 Å². The van der Waals surface area contributed by atoms with Crippen molar-refractivity contribution in [2.75, 3.05) is 13.1 Å². The van der Waals surface area contributed by atoms with Crippen LogP contribution in [0.1, 0.15) is 13.3 Å². The quantitative estimate of drug-likeness (QED) is 0.653. The Balaban J connectivity index is 2.62. The predicted octanol–water partition coefficient (Wildman–Crippen LogP) is 0.820. The highest BCUT2D eigenvalue weighted by molar-refractivity contribution is 5.83. The molecule has 11 heavy (non-hydrogen) atoms. The van der Waals surface area contributed by atoms with Crippen molar-refractivity contribution in [2.24, 2.45) is 5.92 Å². The van der Waals surface area contributed by atoms with Crippen molar-refractivity contribution in [3.05, 3.63) is 0 Å². The van der Waals surface area contributed by atoms with Crippen LogP contribution in [0.2, 0.25) is 0 Å². The maximum absolute atomic E-state index is 12.9. The Morgan fingerprint density at radius 3 is 2.64 bits per heavy atom. The number of nitrogens with one attached hydrogen (secondary N) is 1. The standard InChI is InChI=1S/C7H11F2NO/c1-5(11)7(8,9)6-2-3-10-4-6/h6,10H,2-4H2,1H3. The molecule has 1 aliphatic rings. The molecule has 1 unspecified atom stereocenters. The Morgan fingerprint density at radius 2 is 2.27 bits per heavy atom. The Bertz CT molecular complexity index is 164. The van der Waals surface area contributed by atoms with Crippen molar-refractivity contribution in [1.29, 1.82) is 0 Å². The number of Topliss-reactive ketones (excluding diaryl/α,β-unsaturated/α-hetero) is 1. The van der Waals surface area contributed by atoms with Gasteiger partial charge in [-0.15, -0.1) is 0 Å². The highest BCUT2D eigenvalue weighted by atomic mass is 19.3. The van der Waals surface area contributed by atoms with Crippen LogP contribution in [0.15, 0.2) is 0 Å². The zero-order valence-corrected chi connectivity index (χ0v) is 6.36. The van der Waals surface area contributed by atoms with Crippen LogP contribution in [-0.2, 0) is 4.79 Å². The van der Waals surface area contributed by atoms with Gasteiger partial charge < -0.3 is 5.32 Å². The normalized spacial score (nSPS) is 25.5. The lowest BCUT2D eigenvalue weighted by Gasteiger charge is -2.18. The summed E-state index contributed by atoms with van der Waals surface area (Å²) < 4.78 is 25.7. The molecule has 0 bridgehead atoms. The van der Waals surface area contributed by atoms with Gasteiger partial charge in [-0.3, -0.25) is 4.79 Å². The number of hydrogen-bond acceptors (Lipinski definition) is 2. The third kappa shape index (κ3) is 1.56. The topological polar surface area (TPSA) is 29.1 Å². The van der Waals surface area contributed by atoms with Gasteiger partial charge in [0, 0.05) is 19.4 Å². The van der Waals surface area contributed by atoms with Crippen molar-refractivity contribution in [3.63, 3.8) is 0 Å². The summed E-state index contributed by atoms with van der Waals surface area (Å²) in [6.07, 6.45) is 0.395. The van der Waals surface area contributed by atoms with Gasteiger partial charge in [-0.05, 0) is 13.0 Å². The Morgan fingerprint density at radius 1 is 1.64 bits per heavy atom. The van der Waals surface area contributed by atoms with E-state index in [0.29, 0.717) is 13.0 Å². The van der Waals surface area contributed by atoms with Crippen LogP contribution in [-0.4, -0.2) is 24.8 Å². The number of hydrogen-bond donors (Lipinski definition) is 1. The van der Waals surface area contributed by atoms with E-state index in [-0.39, 0.29) is 6.54 Å². The van der Waals surface area contributed by atoms with E-state index in [1.807, 2.05) is 0 Å². The van der Waals surface area contributed by atoms with E-state index >= 15 is 0 Å². The first kappa shape index (κ1) is 8.59. The monoisotopic (exact) mass is 163 g/mol. The molecule has 0 amide bonds. The lowest BCUT2D eigenvalue weighted by molar-refractivity contribution is -0.147. The minimum Gasteiger partial charge on any atom is -0.316 e. The minimum absolute atomic E-state index is 0.257. The third-order valence-corrected chi connectivity index (χ3v) is 2.04. The van der Waals surface area contributed by atoms with Crippen LogP contribution in [0.3, 0.4) is 0 Å². The Hall–Kier alpha value is -0.510. The van der Waals surface area contributed by atoms with Gasteiger partial charge in [-0.2, -0.15) is 8.78 Å². The lowest BCUT2D eigenvalue weighted by Crippen LogP contribution is -2.36. The van der Waals surface area contributed by atoms with E-state index in [1.165, 1.54) is 0 Å². The molecule has 4 heteroatoms. The molecule has 0 aromatic heterocycles. The van der Waals surface area contributed by atoms with Crippen molar-refractivity contribution in [2.45, 2.75) is 19.3 Å². The molecule has 0 aromatic rings. The van der Waals surface area contributed by atoms with Gasteiger partial charge in [-0.25, -0.2) is 0 Å². The van der Waals surface area contributed by atoms with Gasteiger partial charge in [0.15, 0.2) is 5.78 Å². The van der Waals surface area contributed by atoms with Crippen molar-refractivity contribution >= 4 is 5.78 Å². The number of alkyl halides is 2. The Kier molecular flexibility index (Phi) is 2.23. The van der Waals surface area contributed by atoms with E-state index in [4.69, 9.17) is 0 Å². The van der Waals surface area contributed by atoms with Crippen LogP contribution in [0, 0.1) is 5.92 Å². The van der Waals surface area contributed by atoms with Crippen LogP contribution < -0.4 is 5.32 Å². The summed E-state index contributed by atoms with van der Waals surface area (Å²) in [4.78, 5) is 10.5. The molecule has 1 heterocycles. The summed E-state index contributed by atoms with van der Waals surface area (Å²) in [7, 11) is 0. The molecular weight excluding hydrogens is 152 g/mol. The third-order valence-electron chi connectivity index (χ3n) is 2.04. The molecule has 1 saturated heterocycles. The fourth-order valence-corrected chi connectivity index (χ4v) is 1.25. The summed E-state index contributed by atoms with van der Waals surface area (Å²) in [5.41, 5.74) is 0. The second-order valence-corrected chi connectivity index (χ2v) is 2.87. The summed E-state index contributed by atoms with van der Waals surface area (Å²) in [6, 6.07) is 0. The van der Waals surface area contributed by atoms with Gasteiger partial charge in [0.2, 0.25) is 0 Å². The fourth-order valence-electron chi connectivity index (χ4n) is 1.25. The molecule has 64 valence electrons. The first-order chi connectivity index (χ1) is 5.05. The van der Waals surface area contributed by atoms with Crippen molar-refractivity contribution < 1.29 is 13.6 Å². The van der Waals surface area contributed by atoms with Gasteiger partial charge >= 0.3 is 5.92 Å².